The third-order valence-corrected chi connectivity index (χ3v) is 5.33. The number of carboxylic acids is 1. The van der Waals surface area contributed by atoms with Crippen LogP contribution in [0.5, 0.6) is 0 Å². The Morgan fingerprint density at radius 3 is 2.50 bits per heavy atom. The first-order valence-electron chi connectivity index (χ1n) is 7.62. The van der Waals surface area contributed by atoms with Crippen molar-refractivity contribution in [1.82, 2.24) is 0 Å². The zero-order chi connectivity index (χ0) is 14.2. The lowest BCUT2D eigenvalue weighted by molar-refractivity contribution is -0.137. The van der Waals surface area contributed by atoms with E-state index in [1.807, 2.05) is 6.07 Å². The van der Waals surface area contributed by atoms with Crippen LogP contribution in [0.2, 0.25) is 5.02 Å². The number of hydrogen-bond donors (Lipinski definition) is 1. The average Bonchev–Trinajstić information content (AvgIpc) is 3.19. The first-order valence-corrected chi connectivity index (χ1v) is 8.00. The highest BCUT2D eigenvalue weighted by atomic mass is 35.5. The maximum Gasteiger partial charge on any atom is 0.304 e. The molecule has 2 saturated carbocycles. The van der Waals surface area contributed by atoms with Gasteiger partial charge in [0.2, 0.25) is 0 Å². The van der Waals surface area contributed by atoms with Crippen LogP contribution in [-0.2, 0) is 10.2 Å². The molecule has 3 heteroatoms. The molecule has 3 rings (SSSR count). The van der Waals surface area contributed by atoms with E-state index in [9.17, 15) is 4.79 Å². The van der Waals surface area contributed by atoms with Crippen molar-refractivity contribution in [1.29, 1.82) is 0 Å². The van der Waals surface area contributed by atoms with Gasteiger partial charge in [0.1, 0.15) is 0 Å². The second-order valence-corrected chi connectivity index (χ2v) is 6.83. The third-order valence-electron chi connectivity index (χ3n) is 5.00. The van der Waals surface area contributed by atoms with Gasteiger partial charge in [-0.3, -0.25) is 4.79 Å². The molecule has 0 heterocycles. The van der Waals surface area contributed by atoms with Crippen molar-refractivity contribution in [3.05, 3.63) is 34.3 Å². The number of rotatable bonds is 4. The summed E-state index contributed by atoms with van der Waals surface area (Å²) in [5, 5.41) is 9.88. The molecule has 1 N–H and O–H groups in total. The zero-order valence-corrected chi connectivity index (χ0v) is 12.5. The topological polar surface area (TPSA) is 37.3 Å². The summed E-state index contributed by atoms with van der Waals surface area (Å²) in [4.78, 5) is 11.0. The summed E-state index contributed by atoms with van der Waals surface area (Å²) >= 11 is 6.49. The van der Waals surface area contributed by atoms with Crippen molar-refractivity contribution in [2.24, 2.45) is 0 Å². The van der Waals surface area contributed by atoms with Gasteiger partial charge in [-0.2, -0.15) is 0 Å². The molecule has 0 bridgehead atoms. The van der Waals surface area contributed by atoms with Crippen LogP contribution < -0.4 is 0 Å². The van der Waals surface area contributed by atoms with Crippen molar-refractivity contribution >= 4 is 17.6 Å². The molecule has 108 valence electrons. The Labute approximate surface area is 125 Å². The molecule has 2 aliphatic carbocycles. The molecule has 0 radical (unpaired) electrons. The number of halogens is 1. The van der Waals surface area contributed by atoms with Crippen LogP contribution in [0, 0.1) is 0 Å². The summed E-state index contributed by atoms with van der Waals surface area (Å²) in [6.07, 6.45) is 8.58. The van der Waals surface area contributed by atoms with E-state index >= 15 is 0 Å². The fourth-order valence-electron chi connectivity index (χ4n) is 3.61. The maximum absolute atomic E-state index is 11.0. The Bertz CT molecular complexity index is 514. The molecule has 1 aromatic carbocycles. The first-order chi connectivity index (χ1) is 9.61. The predicted octanol–water partition coefficient (Wildman–Crippen LogP) is 4.89. The van der Waals surface area contributed by atoms with E-state index in [2.05, 4.69) is 12.1 Å². The number of carbonyl (C=O) groups is 1. The molecule has 0 aliphatic heterocycles. The minimum absolute atomic E-state index is 0.138. The van der Waals surface area contributed by atoms with E-state index in [0.717, 1.165) is 23.4 Å². The fraction of sp³-hybridized carbons (Fsp3) is 0.588. The van der Waals surface area contributed by atoms with E-state index in [-0.39, 0.29) is 11.8 Å². The van der Waals surface area contributed by atoms with Crippen LogP contribution in [0.4, 0.5) is 0 Å². The van der Waals surface area contributed by atoms with Crippen molar-refractivity contribution in [3.8, 4) is 0 Å². The van der Waals surface area contributed by atoms with E-state index in [1.54, 1.807) is 0 Å². The number of aliphatic carboxylic acids is 1. The van der Waals surface area contributed by atoms with Crippen LogP contribution >= 0.6 is 11.6 Å². The van der Waals surface area contributed by atoms with Crippen LogP contribution in [0.1, 0.15) is 68.4 Å². The van der Waals surface area contributed by atoms with Gasteiger partial charge < -0.3 is 5.11 Å². The smallest absolute Gasteiger partial charge is 0.304 e. The molecule has 1 aromatic rings. The Balaban J connectivity index is 1.82. The standard InChI is InChI=1S/C17H21ClO2/c18-15-10-13(17(8-9-17)11-16(19)20)6-7-14(15)12-4-2-1-3-5-12/h6-7,10,12H,1-5,8-9,11H2,(H,19,20). The third kappa shape index (κ3) is 2.71. The van der Waals surface area contributed by atoms with Gasteiger partial charge in [-0.1, -0.05) is 43.0 Å². The SMILES string of the molecule is O=C(O)CC1(c2ccc(C3CCCCC3)c(Cl)c2)CC1. The van der Waals surface area contributed by atoms with Gasteiger partial charge in [0.05, 0.1) is 6.42 Å². The van der Waals surface area contributed by atoms with Gasteiger partial charge >= 0.3 is 5.97 Å². The van der Waals surface area contributed by atoms with E-state index in [1.165, 1.54) is 37.7 Å². The van der Waals surface area contributed by atoms with Crippen molar-refractivity contribution < 1.29 is 9.90 Å². The quantitative estimate of drug-likeness (QED) is 0.857. The van der Waals surface area contributed by atoms with Gasteiger partial charge in [0.15, 0.2) is 0 Å². The minimum atomic E-state index is -0.713. The largest absolute Gasteiger partial charge is 0.481 e. The second kappa shape index (κ2) is 5.40. The van der Waals surface area contributed by atoms with Crippen LogP contribution in [0.15, 0.2) is 18.2 Å². The van der Waals surface area contributed by atoms with Gasteiger partial charge in [0, 0.05) is 10.4 Å². The highest BCUT2D eigenvalue weighted by Gasteiger charge is 2.46. The molecule has 0 spiro atoms. The molecule has 0 saturated heterocycles. The Kier molecular flexibility index (Phi) is 3.76. The zero-order valence-electron chi connectivity index (χ0n) is 11.7. The summed E-state index contributed by atoms with van der Waals surface area (Å²) in [7, 11) is 0. The molecule has 0 unspecified atom stereocenters. The summed E-state index contributed by atoms with van der Waals surface area (Å²) in [6.45, 7) is 0. The monoisotopic (exact) mass is 292 g/mol. The molecule has 0 atom stereocenters. The van der Waals surface area contributed by atoms with Crippen LogP contribution in [0.25, 0.3) is 0 Å². The molecule has 2 fully saturated rings. The van der Waals surface area contributed by atoms with E-state index < -0.39 is 5.97 Å². The molecular weight excluding hydrogens is 272 g/mol. The molecule has 2 nitrogen and oxygen atoms in total. The lowest BCUT2D eigenvalue weighted by atomic mass is 9.82. The summed E-state index contributed by atoms with van der Waals surface area (Å²) < 4.78 is 0. The molecule has 0 aromatic heterocycles. The Morgan fingerprint density at radius 2 is 1.95 bits per heavy atom. The Hall–Kier alpha value is -1.02. The average molecular weight is 293 g/mol. The summed E-state index contributed by atoms with van der Waals surface area (Å²) in [5.41, 5.74) is 2.24. The molecule has 20 heavy (non-hydrogen) atoms. The van der Waals surface area contributed by atoms with E-state index in [4.69, 9.17) is 16.7 Å². The van der Waals surface area contributed by atoms with Crippen molar-refractivity contribution in [2.75, 3.05) is 0 Å². The lowest BCUT2D eigenvalue weighted by Crippen LogP contribution is -2.13. The number of carboxylic acid groups (broad SMARTS) is 1. The fourth-order valence-corrected chi connectivity index (χ4v) is 3.94. The number of benzene rings is 1. The van der Waals surface area contributed by atoms with Crippen molar-refractivity contribution in [2.45, 2.75) is 62.7 Å². The van der Waals surface area contributed by atoms with E-state index in [0.29, 0.717) is 5.92 Å². The summed E-state index contributed by atoms with van der Waals surface area (Å²) in [6, 6.07) is 6.29. The minimum Gasteiger partial charge on any atom is -0.481 e. The normalized spacial score (nSPS) is 21.6. The Morgan fingerprint density at radius 1 is 1.25 bits per heavy atom. The summed E-state index contributed by atoms with van der Waals surface area (Å²) in [5.74, 6) is -0.116. The molecular formula is C17H21ClO2. The highest BCUT2D eigenvalue weighted by molar-refractivity contribution is 6.31. The number of hydrogen-bond acceptors (Lipinski definition) is 1. The van der Waals surface area contributed by atoms with Gasteiger partial charge in [0.25, 0.3) is 0 Å². The second-order valence-electron chi connectivity index (χ2n) is 6.42. The van der Waals surface area contributed by atoms with Crippen molar-refractivity contribution in [3.63, 3.8) is 0 Å². The van der Waals surface area contributed by atoms with Gasteiger partial charge in [-0.05, 0) is 48.8 Å². The van der Waals surface area contributed by atoms with Crippen LogP contribution in [-0.4, -0.2) is 11.1 Å². The lowest BCUT2D eigenvalue weighted by Gasteiger charge is -2.24. The van der Waals surface area contributed by atoms with Gasteiger partial charge in [-0.25, -0.2) is 0 Å². The predicted molar refractivity (Wildman–Crippen MR) is 80.4 cm³/mol. The molecule has 2 aliphatic rings. The maximum atomic E-state index is 11.0. The molecule has 0 amide bonds. The van der Waals surface area contributed by atoms with Crippen LogP contribution in [0.3, 0.4) is 0 Å². The highest BCUT2D eigenvalue weighted by Crippen LogP contribution is 2.52. The van der Waals surface area contributed by atoms with Gasteiger partial charge in [-0.15, -0.1) is 0 Å². The first kappa shape index (κ1) is 13.9.